The molecule has 0 aromatic heterocycles. The fraction of sp³-hybridized carbons (Fsp3) is 0.172. The van der Waals surface area contributed by atoms with Crippen LogP contribution in [-0.4, -0.2) is 14.7 Å². The van der Waals surface area contributed by atoms with Gasteiger partial charge in [0.05, 0.1) is 6.26 Å². The zero-order valence-corrected chi connectivity index (χ0v) is 20.9. The van der Waals surface area contributed by atoms with Crippen LogP contribution in [0.2, 0.25) is 0 Å². The fourth-order valence-corrected chi connectivity index (χ4v) is 4.66. The van der Waals surface area contributed by atoms with E-state index in [1.54, 1.807) is 18.2 Å². The average Bonchev–Trinajstić information content (AvgIpc) is 2.81. The highest BCUT2D eigenvalue weighted by Crippen LogP contribution is 2.37. The van der Waals surface area contributed by atoms with E-state index in [1.807, 2.05) is 69.3 Å². The molecule has 0 aliphatic heterocycles. The summed E-state index contributed by atoms with van der Waals surface area (Å²) in [5, 5.41) is 0. The van der Waals surface area contributed by atoms with Gasteiger partial charge in [-0.1, -0.05) is 54.6 Å². The van der Waals surface area contributed by atoms with E-state index in [9.17, 15) is 12.8 Å². The molecule has 4 nitrogen and oxygen atoms in total. The summed E-state index contributed by atoms with van der Waals surface area (Å²) in [6.07, 6.45) is 1.02. The van der Waals surface area contributed by atoms with Gasteiger partial charge in [-0.05, 0) is 89.5 Å². The van der Waals surface area contributed by atoms with Gasteiger partial charge in [0.1, 0.15) is 12.4 Å². The molecule has 4 aromatic rings. The van der Waals surface area contributed by atoms with Gasteiger partial charge in [0.15, 0.2) is 11.6 Å². The Hall–Kier alpha value is -3.64. The summed E-state index contributed by atoms with van der Waals surface area (Å²) >= 11 is 0. The van der Waals surface area contributed by atoms with Crippen molar-refractivity contribution in [2.75, 3.05) is 6.26 Å². The summed E-state index contributed by atoms with van der Waals surface area (Å²) in [6.45, 7) is 6.37. The van der Waals surface area contributed by atoms with E-state index in [0.717, 1.165) is 50.8 Å². The summed E-state index contributed by atoms with van der Waals surface area (Å²) in [7, 11) is -3.58. The molecule has 6 heteroatoms. The van der Waals surface area contributed by atoms with Crippen LogP contribution >= 0.6 is 0 Å². The highest BCUT2D eigenvalue weighted by atomic mass is 32.2. The summed E-state index contributed by atoms with van der Waals surface area (Å²) in [4.78, 5) is 0. The summed E-state index contributed by atoms with van der Waals surface area (Å²) in [5.74, 6) is 0.0837. The standard InChI is InChI=1S/C29H27FO4S/c1-19-16-26(24-12-15-28(27(30)17-24)33-18-22-8-6-5-7-9-22)20(2)21(3)29(19)23-10-13-25(14-11-23)34-35(4,31)32/h5-17H,18H2,1-4H3. The molecule has 180 valence electrons. The normalized spacial score (nSPS) is 11.3. The van der Waals surface area contributed by atoms with Crippen LogP contribution in [0.25, 0.3) is 22.3 Å². The number of ether oxygens (including phenoxy) is 1. The van der Waals surface area contributed by atoms with Gasteiger partial charge in [0, 0.05) is 0 Å². The zero-order valence-electron chi connectivity index (χ0n) is 20.1. The van der Waals surface area contributed by atoms with Gasteiger partial charge in [0.2, 0.25) is 0 Å². The molecule has 0 saturated carbocycles. The molecule has 0 fully saturated rings. The summed E-state index contributed by atoms with van der Waals surface area (Å²) in [6, 6.07) is 23.7. The molecule has 35 heavy (non-hydrogen) atoms. The SMILES string of the molecule is Cc1cc(-c2ccc(OCc3ccccc3)c(F)c2)c(C)c(C)c1-c1ccc(OS(C)(=O)=O)cc1. The van der Waals surface area contributed by atoms with Crippen molar-refractivity contribution < 1.29 is 21.7 Å². The van der Waals surface area contributed by atoms with Crippen LogP contribution in [0.1, 0.15) is 22.3 Å². The fourth-order valence-electron chi connectivity index (χ4n) is 4.20. The first-order valence-electron chi connectivity index (χ1n) is 11.2. The van der Waals surface area contributed by atoms with Crippen LogP contribution in [0, 0.1) is 26.6 Å². The summed E-state index contributed by atoms with van der Waals surface area (Å²) in [5.41, 5.74) is 7.86. The lowest BCUT2D eigenvalue weighted by atomic mass is 9.87. The molecule has 0 unspecified atom stereocenters. The lowest BCUT2D eigenvalue weighted by Crippen LogP contribution is -2.05. The average molecular weight is 491 g/mol. The van der Waals surface area contributed by atoms with Gasteiger partial charge in [-0.2, -0.15) is 8.42 Å². The van der Waals surface area contributed by atoms with Crippen LogP contribution in [0.3, 0.4) is 0 Å². The van der Waals surface area contributed by atoms with E-state index < -0.39 is 15.9 Å². The number of benzene rings is 4. The molecule has 0 bridgehead atoms. The maximum absolute atomic E-state index is 14.9. The Morgan fingerprint density at radius 1 is 0.800 bits per heavy atom. The Morgan fingerprint density at radius 2 is 1.46 bits per heavy atom. The van der Waals surface area contributed by atoms with E-state index >= 15 is 0 Å². The number of hydrogen-bond donors (Lipinski definition) is 0. The molecule has 0 amide bonds. The van der Waals surface area contributed by atoms with Crippen molar-refractivity contribution in [3.8, 4) is 33.8 Å². The Balaban J connectivity index is 1.61. The van der Waals surface area contributed by atoms with Crippen molar-refractivity contribution in [3.05, 3.63) is 107 Å². The second-order valence-corrected chi connectivity index (χ2v) is 10.2. The quantitative estimate of drug-likeness (QED) is 0.262. The molecule has 0 heterocycles. The maximum atomic E-state index is 14.9. The topological polar surface area (TPSA) is 52.6 Å². The minimum absolute atomic E-state index is 0.219. The Labute approximate surface area is 206 Å². The van der Waals surface area contributed by atoms with Gasteiger partial charge >= 0.3 is 10.1 Å². The Kier molecular flexibility index (Phi) is 6.94. The van der Waals surface area contributed by atoms with Crippen molar-refractivity contribution in [2.45, 2.75) is 27.4 Å². The lowest BCUT2D eigenvalue weighted by Gasteiger charge is -2.18. The second-order valence-electron chi connectivity index (χ2n) is 8.60. The second kappa shape index (κ2) is 9.92. The van der Waals surface area contributed by atoms with Gasteiger partial charge < -0.3 is 8.92 Å². The van der Waals surface area contributed by atoms with Crippen LogP contribution < -0.4 is 8.92 Å². The molecular formula is C29H27FO4S. The predicted octanol–water partition coefficient (Wildman–Crippen LogP) is 7.00. The van der Waals surface area contributed by atoms with Crippen molar-refractivity contribution in [2.24, 2.45) is 0 Å². The highest BCUT2D eigenvalue weighted by Gasteiger charge is 2.15. The minimum atomic E-state index is -3.58. The lowest BCUT2D eigenvalue weighted by molar-refractivity contribution is 0.290. The summed E-state index contributed by atoms with van der Waals surface area (Å²) < 4.78 is 48.3. The van der Waals surface area contributed by atoms with Crippen LogP contribution in [0.15, 0.2) is 78.9 Å². The molecule has 0 aliphatic rings. The van der Waals surface area contributed by atoms with E-state index in [2.05, 4.69) is 6.07 Å². The van der Waals surface area contributed by atoms with Gasteiger partial charge in [-0.15, -0.1) is 0 Å². The molecule has 4 aromatic carbocycles. The molecule has 0 aliphatic carbocycles. The van der Waals surface area contributed by atoms with E-state index in [1.165, 1.54) is 6.07 Å². The molecular weight excluding hydrogens is 463 g/mol. The first-order chi connectivity index (χ1) is 16.6. The van der Waals surface area contributed by atoms with Gasteiger partial charge in [0.25, 0.3) is 0 Å². The largest absolute Gasteiger partial charge is 0.486 e. The maximum Gasteiger partial charge on any atom is 0.306 e. The van der Waals surface area contributed by atoms with Crippen LogP contribution in [0.5, 0.6) is 11.5 Å². The third-order valence-corrected chi connectivity index (χ3v) is 6.46. The first-order valence-corrected chi connectivity index (χ1v) is 13.0. The van der Waals surface area contributed by atoms with Crippen molar-refractivity contribution >= 4 is 10.1 Å². The molecule has 0 radical (unpaired) electrons. The zero-order chi connectivity index (χ0) is 25.2. The smallest absolute Gasteiger partial charge is 0.306 e. The number of halogens is 1. The molecule has 0 saturated heterocycles. The van der Waals surface area contributed by atoms with Crippen molar-refractivity contribution in [1.82, 2.24) is 0 Å². The third kappa shape index (κ3) is 5.72. The number of rotatable bonds is 7. The highest BCUT2D eigenvalue weighted by molar-refractivity contribution is 7.86. The van der Waals surface area contributed by atoms with Crippen LogP contribution in [-0.2, 0) is 16.7 Å². The van der Waals surface area contributed by atoms with Crippen molar-refractivity contribution in [3.63, 3.8) is 0 Å². The van der Waals surface area contributed by atoms with E-state index in [-0.39, 0.29) is 11.5 Å². The molecule has 0 N–H and O–H groups in total. The Bertz CT molecular complexity index is 1460. The van der Waals surface area contributed by atoms with Crippen LogP contribution in [0.4, 0.5) is 4.39 Å². The predicted molar refractivity (Wildman–Crippen MR) is 138 cm³/mol. The first kappa shape index (κ1) is 24.5. The third-order valence-electron chi connectivity index (χ3n) is 5.97. The van der Waals surface area contributed by atoms with Gasteiger partial charge in [-0.25, -0.2) is 4.39 Å². The van der Waals surface area contributed by atoms with E-state index in [0.29, 0.717) is 6.61 Å². The minimum Gasteiger partial charge on any atom is -0.486 e. The molecule has 0 atom stereocenters. The monoisotopic (exact) mass is 490 g/mol. The number of hydrogen-bond acceptors (Lipinski definition) is 4. The van der Waals surface area contributed by atoms with Gasteiger partial charge in [-0.3, -0.25) is 0 Å². The molecule has 0 spiro atoms. The Morgan fingerprint density at radius 3 is 2.09 bits per heavy atom. The number of aryl methyl sites for hydroxylation is 1. The van der Waals surface area contributed by atoms with Crippen molar-refractivity contribution in [1.29, 1.82) is 0 Å². The van der Waals surface area contributed by atoms with E-state index in [4.69, 9.17) is 8.92 Å². The molecule has 4 rings (SSSR count).